The fraction of sp³-hybridized carbons (Fsp3) is 1.00. The molecule has 1 nitrogen and oxygen atoms in total. The molecule has 0 rings (SSSR count). The van der Waals surface area contributed by atoms with Gasteiger partial charge >= 0.3 is 0 Å². The van der Waals surface area contributed by atoms with Gasteiger partial charge in [-0.3, -0.25) is 0 Å². The molecule has 0 heterocycles. The van der Waals surface area contributed by atoms with Gasteiger partial charge in [0, 0.05) is 13.7 Å². The monoisotopic (exact) mass is 160 g/mol. The van der Waals surface area contributed by atoms with Crippen molar-refractivity contribution in [3.8, 4) is 0 Å². The van der Waals surface area contributed by atoms with Crippen LogP contribution in [-0.4, -0.2) is 13.7 Å². The Balaban J connectivity index is 0. The van der Waals surface area contributed by atoms with E-state index in [1.807, 2.05) is 13.8 Å². The van der Waals surface area contributed by atoms with Crippen LogP contribution in [0.25, 0.3) is 0 Å². The second-order valence-corrected chi connectivity index (χ2v) is 2.87. The molecule has 0 aromatic carbocycles. The molecule has 1 atom stereocenters. The fourth-order valence-corrected chi connectivity index (χ4v) is 0.996. The Kier molecular flexibility index (Phi) is 12.3. The van der Waals surface area contributed by atoms with Crippen LogP contribution in [0.15, 0.2) is 0 Å². The maximum absolute atomic E-state index is 5.06. The van der Waals surface area contributed by atoms with Crippen molar-refractivity contribution in [2.45, 2.75) is 41.0 Å². The summed E-state index contributed by atoms with van der Waals surface area (Å²) in [6.07, 6.45) is 1.23. The van der Waals surface area contributed by atoms with Crippen LogP contribution >= 0.6 is 0 Å². The van der Waals surface area contributed by atoms with Crippen LogP contribution in [0.5, 0.6) is 0 Å². The zero-order valence-electron chi connectivity index (χ0n) is 8.98. The lowest BCUT2D eigenvalue weighted by Crippen LogP contribution is -2.13. The molecule has 0 bridgehead atoms. The van der Waals surface area contributed by atoms with Gasteiger partial charge in [-0.15, -0.1) is 0 Å². The second-order valence-electron chi connectivity index (χ2n) is 2.87. The molecule has 70 valence electrons. The first-order valence-electron chi connectivity index (χ1n) is 4.71. The lowest BCUT2D eigenvalue weighted by molar-refractivity contribution is 0.127. The van der Waals surface area contributed by atoms with Crippen molar-refractivity contribution >= 4 is 0 Å². The largest absolute Gasteiger partial charge is 0.384 e. The van der Waals surface area contributed by atoms with Crippen molar-refractivity contribution in [1.29, 1.82) is 0 Å². The van der Waals surface area contributed by atoms with E-state index in [9.17, 15) is 0 Å². The molecule has 0 N–H and O–H groups in total. The number of methoxy groups -OCH3 is 1. The van der Waals surface area contributed by atoms with Crippen molar-refractivity contribution in [3.05, 3.63) is 0 Å². The molecule has 0 saturated heterocycles. The summed E-state index contributed by atoms with van der Waals surface area (Å²) in [5, 5.41) is 0. The molecule has 0 fully saturated rings. The molecule has 1 heteroatoms. The molecule has 0 aliphatic rings. The van der Waals surface area contributed by atoms with Crippen LogP contribution in [0.2, 0.25) is 0 Å². The number of hydrogen-bond donors (Lipinski definition) is 0. The first kappa shape index (κ1) is 13.5. The quantitative estimate of drug-likeness (QED) is 0.613. The van der Waals surface area contributed by atoms with E-state index in [0.717, 1.165) is 18.4 Å². The van der Waals surface area contributed by atoms with Gasteiger partial charge in [0.2, 0.25) is 0 Å². The first-order chi connectivity index (χ1) is 5.22. The molecule has 1 unspecified atom stereocenters. The molecule has 0 aliphatic carbocycles. The van der Waals surface area contributed by atoms with Crippen LogP contribution in [-0.2, 0) is 4.74 Å². The van der Waals surface area contributed by atoms with Crippen molar-refractivity contribution in [2.24, 2.45) is 11.8 Å². The van der Waals surface area contributed by atoms with Crippen LogP contribution in [0, 0.1) is 11.8 Å². The third kappa shape index (κ3) is 7.86. The summed E-state index contributed by atoms with van der Waals surface area (Å²) in [5.74, 6) is 1.50. The van der Waals surface area contributed by atoms with Gasteiger partial charge in [0.25, 0.3) is 0 Å². The molecule has 0 aromatic heterocycles. The summed E-state index contributed by atoms with van der Waals surface area (Å²) >= 11 is 0. The summed E-state index contributed by atoms with van der Waals surface area (Å²) in [6, 6.07) is 0. The maximum Gasteiger partial charge on any atom is 0.0492 e. The van der Waals surface area contributed by atoms with E-state index in [-0.39, 0.29) is 0 Å². The van der Waals surface area contributed by atoms with Gasteiger partial charge in [-0.2, -0.15) is 0 Å². The second kappa shape index (κ2) is 9.96. The Bertz CT molecular complexity index is 59.9. The summed E-state index contributed by atoms with van der Waals surface area (Å²) in [4.78, 5) is 0. The lowest BCUT2D eigenvalue weighted by atomic mass is 9.94. The standard InChI is InChI=1S/C8H18O.C2H6/c1-5-8(6-9-4)7(2)3;1-2/h7-8H,5-6H2,1-4H3;1-2H3. The van der Waals surface area contributed by atoms with Crippen molar-refractivity contribution in [3.63, 3.8) is 0 Å². The first-order valence-corrected chi connectivity index (χ1v) is 4.71. The van der Waals surface area contributed by atoms with Gasteiger partial charge in [-0.1, -0.05) is 41.0 Å². The predicted molar refractivity (Wildman–Crippen MR) is 51.8 cm³/mol. The number of rotatable bonds is 4. The molecule has 0 spiro atoms. The highest BCUT2D eigenvalue weighted by Gasteiger charge is 2.08. The molecular weight excluding hydrogens is 136 g/mol. The van der Waals surface area contributed by atoms with Gasteiger partial charge in [0.05, 0.1) is 0 Å². The van der Waals surface area contributed by atoms with E-state index in [4.69, 9.17) is 4.74 Å². The normalized spacial score (nSPS) is 12.3. The summed E-state index contributed by atoms with van der Waals surface area (Å²) in [7, 11) is 1.77. The minimum absolute atomic E-state index is 0.745. The summed E-state index contributed by atoms with van der Waals surface area (Å²) in [6.45, 7) is 11.6. The van der Waals surface area contributed by atoms with E-state index >= 15 is 0 Å². The minimum atomic E-state index is 0.745. The third-order valence-electron chi connectivity index (χ3n) is 1.85. The summed E-state index contributed by atoms with van der Waals surface area (Å²) < 4.78 is 5.06. The Morgan fingerprint density at radius 3 is 1.73 bits per heavy atom. The fourth-order valence-electron chi connectivity index (χ4n) is 0.996. The molecule has 0 amide bonds. The zero-order valence-corrected chi connectivity index (χ0v) is 8.98. The molecule has 0 saturated carbocycles. The van der Waals surface area contributed by atoms with Gasteiger partial charge in [0.15, 0.2) is 0 Å². The summed E-state index contributed by atoms with van der Waals surface area (Å²) in [5.41, 5.74) is 0. The average molecular weight is 160 g/mol. The van der Waals surface area contributed by atoms with E-state index in [1.54, 1.807) is 7.11 Å². The van der Waals surface area contributed by atoms with Gasteiger partial charge in [0.1, 0.15) is 0 Å². The van der Waals surface area contributed by atoms with Crippen molar-refractivity contribution in [2.75, 3.05) is 13.7 Å². The molecule has 0 aromatic rings. The average Bonchev–Trinajstić information content (AvgIpc) is 2.03. The Hall–Kier alpha value is -0.0400. The zero-order chi connectivity index (χ0) is 9.28. The maximum atomic E-state index is 5.06. The van der Waals surface area contributed by atoms with Crippen molar-refractivity contribution < 1.29 is 4.74 Å². The van der Waals surface area contributed by atoms with E-state index in [0.29, 0.717) is 0 Å². The van der Waals surface area contributed by atoms with Gasteiger partial charge < -0.3 is 4.74 Å². The van der Waals surface area contributed by atoms with Crippen LogP contribution in [0.3, 0.4) is 0 Å². The van der Waals surface area contributed by atoms with E-state index < -0.39 is 0 Å². The highest BCUT2D eigenvalue weighted by atomic mass is 16.5. The van der Waals surface area contributed by atoms with Crippen molar-refractivity contribution in [1.82, 2.24) is 0 Å². The topological polar surface area (TPSA) is 9.23 Å². The predicted octanol–water partition coefficient (Wildman–Crippen LogP) is 3.34. The molecular formula is C10H24O. The van der Waals surface area contributed by atoms with Gasteiger partial charge in [-0.25, -0.2) is 0 Å². The van der Waals surface area contributed by atoms with Crippen LogP contribution < -0.4 is 0 Å². The van der Waals surface area contributed by atoms with Crippen LogP contribution in [0.4, 0.5) is 0 Å². The van der Waals surface area contributed by atoms with Gasteiger partial charge in [-0.05, 0) is 11.8 Å². The lowest BCUT2D eigenvalue weighted by Gasteiger charge is -2.16. The molecule has 11 heavy (non-hydrogen) atoms. The van der Waals surface area contributed by atoms with E-state index in [2.05, 4.69) is 20.8 Å². The minimum Gasteiger partial charge on any atom is -0.384 e. The SMILES string of the molecule is CC.CCC(COC)C(C)C. The molecule has 0 aliphatic heterocycles. The smallest absolute Gasteiger partial charge is 0.0492 e. The Labute approximate surface area is 72.1 Å². The van der Waals surface area contributed by atoms with Crippen LogP contribution in [0.1, 0.15) is 41.0 Å². The molecule has 0 radical (unpaired) electrons. The number of hydrogen-bond acceptors (Lipinski definition) is 1. The highest BCUT2D eigenvalue weighted by Crippen LogP contribution is 2.13. The number of ether oxygens (including phenoxy) is 1. The Morgan fingerprint density at radius 2 is 1.64 bits per heavy atom. The third-order valence-corrected chi connectivity index (χ3v) is 1.85. The Morgan fingerprint density at radius 1 is 1.18 bits per heavy atom. The highest BCUT2D eigenvalue weighted by molar-refractivity contribution is 4.58. The van der Waals surface area contributed by atoms with E-state index in [1.165, 1.54) is 6.42 Å².